The quantitative estimate of drug-likeness (QED) is 0.764. The zero-order chi connectivity index (χ0) is 17.2. The molecule has 0 aliphatic carbocycles. The first-order valence-electron chi connectivity index (χ1n) is 8.91. The molecular weight excluding hydrogens is 332 g/mol. The molecule has 1 aliphatic heterocycles. The fourth-order valence-electron chi connectivity index (χ4n) is 3.59. The van der Waals surface area contributed by atoms with Gasteiger partial charge in [0, 0.05) is 23.8 Å². The molecule has 3 aromatic rings. The Labute approximate surface area is 150 Å². The predicted octanol–water partition coefficient (Wildman–Crippen LogP) is 3.28. The van der Waals surface area contributed by atoms with E-state index in [2.05, 4.69) is 28.3 Å². The SMILES string of the molecule is CCCCC(c1cccnc1)n1cnc2sc3c(c2c1=O)CCNC3. The minimum atomic E-state index is -0.00434. The number of fused-ring (bicyclic) bond motifs is 3. The van der Waals surface area contributed by atoms with Crippen LogP contribution in [-0.4, -0.2) is 21.1 Å². The molecule has 0 amide bonds. The number of pyridine rings is 1. The molecule has 0 fully saturated rings. The highest BCUT2D eigenvalue weighted by molar-refractivity contribution is 7.18. The Kier molecular flexibility index (Phi) is 4.63. The van der Waals surface area contributed by atoms with Crippen molar-refractivity contribution >= 4 is 21.6 Å². The molecule has 3 aromatic heterocycles. The van der Waals surface area contributed by atoms with Crippen LogP contribution >= 0.6 is 11.3 Å². The number of thiophene rings is 1. The Balaban J connectivity index is 1.86. The van der Waals surface area contributed by atoms with Crippen LogP contribution in [0.5, 0.6) is 0 Å². The number of nitrogens with zero attached hydrogens (tertiary/aromatic N) is 3. The van der Waals surface area contributed by atoms with Crippen molar-refractivity contribution in [1.82, 2.24) is 19.9 Å². The average Bonchev–Trinajstić information content (AvgIpc) is 3.04. The molecule has 1 N–H and O–H groups in total. The van der Waals surface area contributed by atoms with E-state index in [-0.39, 0.29) is 11.6 Å². The van der Waals surface area contributed by atoms with Crippen LogP contribution in [0.4, 0.5) is 0 Å². The average molecular weight is 354 g/mol. The number of unbranched alkanes of at least 4 members (excludes halogenated alkanes) is 1. The Morgan fingerprint density at radius 1 is 1.44 bits per heavy atom. The smallest absolute Gasteiger partial charge is 0.262 e. The van der Waals surface area contributed by atoms with E-state index in [9.17, 15) is 4.79 Å². The number of aromatic nitrogens is 3. The molecule has 5 nitrogen and oxygen atoms in total. The molecule has 1 unspecified atom stereocenters. The molecule has 4 heterocycles. The summed E-state index contributed by atoms with van der Waals surface area (Å²) in [7, 11) is 0. The van der Waals surface area contributed by atoms with Gasteiger partial charge >= 0.3 is 0 Å². The van der Waals surface area contributed by atoms with Gasteiger partial charge in [-0.15, -0.1) is 11.3 Å². The summed E-state index contributed by atoms with van der Waals surface area (Å²) in [6.07, 6.45) is 9.35. The zero-order valence-corrected chi connectivity index (χ0v) is 15.2. The Morgan fingerprint density at radius 3 is 3.16 bits per heavy atom. The van der Waals surface area contributed by atoms with Crippen molar-refractivity contribution in [3.05, 3.63) is 57.2 Å². The van der Waals surface area contributed by atoms with Crippen molar-refractivity contribution in [3.8, 4) is 0 Å². The lowest BCUT2D eigenvalue weighted by atomic mass is 10.0. The summed E-state index contributed by atoms with van der Waals surface area (Å²) in [4.78, 5) is 24.3. The van der Waals surface area contributed by atoms with Gasteiger partial charge in [-0.25, -0.2) is 4.98 Å². The first-order valence-corrected chi connectivity index (χ1v) is 9.73. The summed E-state index contributed by atoms with van der Waals surface area (Å²) in [6.45, 7) is 3.94. The molecule has 130 valence electrons. The Bertz CT molecular complexity index is 932. The molecule has 0 saturated heterocycles. The summed E-state index contributed by atoms with van der Waals surface area (Å²) in [5.41, 5.74) is 2.37. The number of hydrogen-bond donors (Lipinski definition) is 1. The monoisotopic (exact) mass is 354 g/mol. The van der Waals surface area contributed by atoms with Gasteiger partial charge in [0.2, 0.25) is 0 Å². The van der Waals surface area contributed by atoms with Gasteiger partial charge in [0.05, 0.1) is 17.8 Å². The molecule has 25 heavy (non-hydrogen) atoms. The minimum Gasteiger partial charge on any atom is -0.312 e. The largest absolute Gasteiger partial charge is 0.312 e. The summed E-state index contributed by atoms with van der Waals surface area (Å²) in [5.74, 6) is 0. The van der Waals surface area contributed by atoms with E-state index < -0.39 is 0 Å². The third-order valence-electron chi connectivity index (χ3n) is 4.89. The number of rotatable bonds is 5. The van der Waals surface area contributed by atoms with Crippen molar-refractivity contribution in [1.29, 1.82) is 0 Å². The van der Waals surface area contributed by atoms with E-state index in [0.717, 1.165) is 54.6 Å². The first kappa shape index (κ1) is 16.4. The lowest BCUT2D eigenvalue weighted by molar-refractivity contribution is 0.498. The summed E-state index contributed by atoms with van der Waals surface area (Å²) in [5, 5.41) is 4.21. The Morgan fingerprint density at radius 2 is 2.36 bits per heavy atom. The van der Waals surface area contributed by atoms with Gasteiger partial charge in [-0.2, -0.15) is 0 Å². The molecule has 0 spiro atoms. The van der Waals surface area contributed by atoms with Crippen LogP contribution in [0.1, 0.15) is 48.2 Å². The highest BCUT2D eigenvalue weighted by Crippen LogP contribution is 2.31. The third-order valence-corrected chi connectivity index (χ3v) is 6.03. The summed E-state index contributed by atoms with van der Waals surface area (Å²) >= 11 is 1.65. The van der Waals surface area contributed by atoms with Crippen LogP contribution < -0.4 is 10.9 Å². The lowest BCUT2D eigenvalue weighted by Crippen LogP contribution is -2.28. The van der Waals surface area contributed by atoms with Gasteiger partial charge in [-0.3, -0.25) is 14.3 Å². The summed E-state index contributed by atoms with van der Waals surface area (Å²) < 4.78 is 1.82. The molecule has 0 saturated carbocycles. The van der Waals surface area contributed by atoms with Gasteiger partial charge in [0.15, 0.2) is 0 Å². The van der Waals surface area contributed by atoms with Gasteiger partial charge in [0.1, 0.15) is 4.83 Å². The van der Waals surface area contributed by atoms with Gasteiger partial charge in [-0.1, -0.05) is 25.8 Å². The molecule has 4 rings (SSSR count). The van der Waals surface area contributed by atoms with Crippen LogP contribution in [0.25, 0.3) is 10.2 Å². The van der Waals surface area contributed by atoms with Crippen LogP contribution in [0, 0.1) is 0 Å². The number of nitrogens with one attached hydrogen (secondary N) is 1. The van der Waals surface area contributed by atoms with Crippen molar-refractivity contribution < 1.29 is 0 Å². The third kappa shape index (κ3) is 3.00. The molecule has 1 aliphatic rings. The first-order chi connectivity index (χ1) is 12.3. The van der Waals surface area contributed by atoms with E-state index in [4.69, 9.17) is 0 Å². The van der Waals surface area contributed by atoms with Crippen LogP contribution in [0.15, 0.2) is 35.6 Å². The van der Waals surface area contributed by atoms with Gasteiger partial charge < -0.3 is 5.32 Å². The molecule has 6 heteroatoms. The van der Waals surface area contributed by atoms with E-state index >= 15 is 0 Å². The standard InChI is InChI=1S/C19H22N4OS/c1-2-3-6-15(13-5-4-8-20-10-13)23-12-22-18-17(19(23)24)14-7-9-21-11-16(14)25-18/h4-5,8,10,12,15,21H,2-3,6-7,9,11H2,1H3. The van der Waals surface area contributed by atoms with Gasteiger partial charge in [0.25, 0.3) is 5.56 Å². The molecule has 0 bridgehead atoms. The second-order valence-corrected chi connectivity index (χ2v) is 7.60. The van der Waals surface area contributed by atoms with Crippen LogP contribution in [0.2, 0.25) is 0 Å². The molecular formula is C19H22N4OS. The second-order valence-electron chi connectivity index (χ2n) is 6.51. The maximum atomic E-state index is 13.3. The molecule has 0 radical (unpaired) electrons. The van der Waals surface area contributed by atoms with Crippen molar-refractivity contribution in [2.75, 3.05) is 6.54 Å². The topological polar surface area (TPSA) is 59.8 Å². The fraction of sp³-hybridized carbons (Fsp3) is 0.421. The van der Waals surface area contributed by atoms with Crippen molar-refractivity contribution in [2.45, 2.75) is 45.2 Å². The predicted molar refractivity (Wildman–Crippen MR) is 101 cm³/mol. The Hall–Kier alpha value is -2.05. The normalized spacial score (nSPS) is 15.2. The molecule has 1 atom stereocenters. The van der Waals surface area contributed by atoms with E-state index in [1.807, 2.05) is 16.8 Å². The minimum absolute atomic E-state index is 0.00434. The van der Waals surface area contributed by atoms with E-state index in [1.54, 1.807) is 23.9 Å². The van der Waals surface area contributed by atoms with E-state index in [1.165, 1.54) is 10.4 Å². The maximum Gasteiger partial charge on any atom is 0.262 e. The maximum absolute atomic E-state index is 13.3. The fourth-order valence-corrected chi connectivity index (χ4v) is 4.73. The second kappa shape index (κ2) is 7.06. The number of hydrogen-bond acceptors (Lipinski definition) is 5. The highest BCUT2D eigenvalue weighted by atomic mass is 32.1. The van der Waals surface area contributed by atoms with Crippen molar-refractivity contribution in [3.63, 3.8) is 0 Å². The van der Waals surface area contributed by atoms with E-state index in [0.29, 0.717) is 0 Å². The summed E-state index contributed by atoms with van der Waals surface area (Å²) in [6, 6.07) is 3.98. The van der Waals surface area contributed by atoms with Crippen LogP contribution in [0.3, 0.4) is 0 Å². The zero-order valence-electron chi connectivity index (χ0n) is 14.4. The van der Waals surface area contributed by atoms with Crippen molar-refractivity contribution in [2.24, 2.45) is 0 Å². The van der Waals surface area contributed by atoms with Crippen LogP contribution in [-0.2, 0) is 13.0 Å². The van der Waals surface area contributed by atoms with Gasteiger partial charge in [-0.05, 0) is 36.6 Å². The highest BCUT2D eigenvalue weighted by Gasteiger charge is 2.22. The molecule has 0 aromatic carbocycles. The lowest BCUT2D eigenvalue weighted by Gasteiger charge is -2.20.